The lowest BCUT2D eigenvalue weighted by atomic mass is 9.70. The van der Waals surface area contributed by atoms with E-state index in [1.807, 2.05) is 30.3 Å². The van der Waals surface area contributed by atoms with Crippen molar-refractivity contribution < 1.29 is 19.5 Å². The molecule has 3 N–H and O–H groups in total. The number of rotatable bonds is 10. The number of alkyl halides is 1. The zero-order chi connectivity index (χ0) is 26.0. The summed E-state index contributed by atoms with van der Waals surface area (Å²) in [6.07, 6.45) is 9.47. The predicted molar refractivity (Wildman–Crippen MR) is 150 cm³/mol. The summed E-state index contributed by atoms with van der Waals surface area (Å²) in [6.45, 7) is 0.680. The number of hydrogen-bond donors (Lipinski definition) is 3. The fourth-order valence-corrected chi connectivity index (χ4v) is 10.6. The number of amides is 3. The number of aliphatic hydroxyl groups is 1. The van der Waals surface area contributed by atoms with Crippen LogP contribution in [0.3, 0.4) is 0 Å². The number of likely N-dealkylation sites (tertiary alicyclic amines) is 1. The minimum Gasteiger partial charge on any atom is -0.396 e. The number of thioether (sulfide) groups is 1. The van der Waals surface area contributed by atoms with Crippen LogP contribution in [0.25, 0.3) is 0 Å². The Morgan fingerprint density at radius 1 is 1.05 bits per heavy atom. The topological polar surface area (TPSA) is 98.7 Å². The molecule has 3 aliphatic heterocycles. The molecule has 9 heteroatoms. The first-order chi connectivity index (χ1) is 18.0. The molecule has 5 rings (SSSR count). The maximum absolute atomic E-state index is 14.1. The lowest BCUT2D eigenvalue weighted by molar-refractivity contribution is -0.139. The first-order valence-electron chi connectivity index (χ1n) is 13.9. The van der Waals surface area contributed by atoms with Gasteiger partial charge >= 0.3 is 0 Å². The number of anilines is 1. The van der Waals surface area contributed by atoms with Crippen LogP contribution in [-0.2, 0) is 14.4 Å². The number of halogens is 1. The smallest absolute Gasteiger partial charge is 0.244 e. The van der Waals surface area contributed by atoms with E-state index in [9.17, 15) is 14.4 Å². The average molecular weight is 593 g/mol. The third-order valence-corrected chi connectivity index (χ3v) is 11.9. The summed E-state index contributed by atoms with van der Waals surface area (Å²) in [4.78, 5) is 43.5. The summed E-state index contributed by atoms with van der Waals surface area (Å²) in [7, 11) is 0. The van der Waals surface area contributed by atoms with Gasteiger partial charge in [-0.25, -0.2) is 0 Å². The van der Waals surface area contributed by atoms with Crippen LogP contribution in [0.5, 0.6) is 0 Å². The Hall–Kier alpha value is -1.58. The van der Waals surface area contributed by atoms with Crippen LogP contribution in [0.15, 0.2) is 30.3 Å². The molecular weight excluding hydrogens is 554 g/mol. The van der Waals surface area contributed by atoms with Crippen molar-refractivity contribution in [2.75, 3.05) is 18.5 Å². The standard InChI is InChI=1S/C28H38BrN3O4S/c29-20-17-28-22(21(23(20)37-28)25(34)30-18-11-5-3-6-12-18)27(36)32(15-9-1-2-10-16-33)24(28)26(35)31-19-13-7-4-8-14-19/h3,5-6,11-12,19-24,33H,1-2,4,7-10,13-17H2,(H,30,34)(H,31,35)/t20?,21-,22+,23-,24?,28?/m1/s1. The third-order valence-electron chi connectivity index (χ3n) is 8.64. The Labute approximate surface area is 232 Å². The minimum absolute atomic E-state index is 0.0462. The molecule has 202 valence electrons. The highest BCUT2D eigenvalue weighted by atomic mass is 79.9. The lowest BCUT2D eigenvalue weighted by Gasteiger charge is -2.36. The van der Waals surface area contributed by atoms with Gasteiger partial charge in [-0.1, -0.05) is 66.2 Å². The largest absolute Gasteiger partial charge is 0.396 e. The summed E-state index contributed by atoms with van der Waals surface area (Å²) in [5, 5.41) is 15.4. The molecule has 1 aromatic carbocycles. The molecule has 1 aliphatic carbocycles. The number of carbonyl (C=O) groups is 3. The highest BCUT2D eigenvalue weighted by molar-refractivity contribution is 9.09. The number of fused-ring (bicyclic) bond motifs is 1. The van der Waals surface area contributed by atoms with Gasteiger partial charge in [0.2, 0.25) is 17.7 Å². The van der Waals surface area contributed by atoms with Crippen molar-refractivity contribution >= 4 is 51.1 Å². The Morgan fingerprint density at radius 2 is 1.78 bits per heavy atom. The van der Waals surface area contributed by atoms with E-state index in [1.54, 1.807) is 16.7 Å². The van der Waals surface area contributed by atoms with Crippen LogP contribution in [0.4, 0.5) is 5.69 Å². The van der Waals surface area contributed by atoms with Gasteiger partial charge in [0.25, 0.3) is 0 Å². The van der Waals surface area contributed by atoms with Crippen LogP contribution in [-0.4, -0.2) is 67.8 Å². The molecule has 7 nitrogen and oxygen atoms in total. The zero-order valence-electron chi connectivity index (χ0n) is 21.2. The Balaban J connectivity index is 1.41. The van der Waals surface area contributed by atoms with Gasteiger partial charge in [-0.15, -0.1) is 11.8 Å². The Kier molecular flexibility index (Phi) is 8.51. The van der Waals surface area contributed by atoms with E-state index in [0.717, 1.165) is 57.1 Å². The molecule has 3 unspecified atom stereocenters. The second-order valence-electron chi connectivity index (χ2n) is 11.0. The first kappa shape index (κ1) is 27.0. The number of nitrogens with one attached hydrogen (secondary N) is 2. The Morgan fingerprint density at radius 3 is 2.51 bits per heavy atom. The van der Waals surface area contributed by atoms with E-state index in [-0.39, 0.29) is 40.4 Å². The molecule has 6 atom stereocenters. The maximum Gasteiger partial charge on any atom is 0.244 e. The molecule has 2 bridgehead atoms. The molecule has 37 heavy (non-hydrogen) atoms. The second-order valence-corrected chi connectivity index (χ2v) is 13.7. The van der Waals surface area contributed by atoms with Gasteiger partial charge in [0.15, 0.2) is 0 Å². The van der Waals surface area contributed by atoms with E-state index in [1.165, 1.54) is 6.42 Å². The minimum atomic E-state index is -0.599. The molecular formula is C28H38BrN3O4S. The quantitative estimate of drug-likeness (QED) is 0.281. The highest BCUT2D eigenvalue weighted by Gasteiger charge is 2.75. The SMILES string of the molecule is O=C(NC1CCCCC1)C1N(CCCCCCO)C(=O)[C@@H]2[C@@H](C(=O)Nc3ccccc3)[C@@H]3SC12CC3Br. The van der Waals surface area contributed by atoms with Gasteiger partial charge in [0.05, 0.1) is 16.6 Å². The molecule has 1 spiro atoms. The summed E-state index contributed by atoms with van der Waals surface area (Å²) >= 11 is 5.52. The number of benzene rings is 1. The molecule has 0 radical (unpaired) electrons. The number of nitrogens with zero attached hydrogens (tertiary/aromatic N) is 1. The van der Waals surface area contributed by atoms with E-state index in [0.29, 0.717) is 13.0 Å². The molecule has 1 aromatic rings. The summed E-state index contributed by atoms with van der Waals surface area (Å²) in [5.41, 5.74) is 0.721. The van der Waals surface area contributed by atoms with Crippen LogP contribution >= 0.6 is 27.7 Å². The van der Waals surface area contributed by atoms with Crippen LogP contribution in [0, 0.1) is 11.8 Å². The van der Waals surface area contributed by atoms with Crippen molar-refractivity contribution in [1.82, 2.24) is 10.2 Å². The number of carbonyl (C=O) groups excluding carboxylic acids is 3. The van der Waals surface area contributed by atoms with E-state index in [4.69, 9.17) is 5.11 Å². The maximum atomic E-state index is 14.1. The van der Waals surface area contributed by atoms with Gasteiger partial charge in [-0.2, -0.15) is 0 Å². The predicted octanol–water partition coefficient (Wildman–Crippen LogP) is 4.09. The summed E-state index contributed by atoms with van der Waals surface area (Å²) in [6, 6.07) is 8.98. The van der Waals surface area contributed by atoms with Gasteiger partial charge in [0, 0.05) is 35.0 Å². The first-order valence-corrected chi connectivity index (χ1v) is 15.7. The number of para-hydroxylation sites is 1. The van der Waals surface area contributed by atoms with Crippen LogP contribution in [0.2, 0.25) is 0 Å². The molecule has 0 aromatic heterocycles. The van der Waals surface area contributed by atoms with E-state index in [2.05, 4.69) is 26.6 Å². The van der Waals surface area contributed by atoms with Gasteiger partial charge in [-0.05, 0) is 44.2 Å². The van der Waals surface area contributed by atoms with Crippen molar-refractivity contribution in [2.45, 2.75) is 91.1 Å². The fourth-order valence-electron chi connectivity index (χ4n) is 6.99. The van der Waals surface area contributed by atoms with Crippen LogP contribution in [0.1, 0.15) is 64.2 Å². The lowest BCUT2D eigenvalue weighted by Crippen LogP contribution is -2.56. The van der Waals surface area contributed by atoms with Gasteiger partial charge in [0.1, 0.15) is 6.04 Å². The number of aliphatic hydroxyl groups excluding tert-OH is 1. The monoisotopic (exact) mass is 591 g/mol. The normalized spacial score (nSPS) is 33.0. The molecule has 3 heterocycles. The van der Waals surface area contributed by atoms with Crippen molar-refractivity contribution in [2.24, 2.45) is 11.8 Å². The number of hydrogen-bond acceptors (Lipinski definition) is 5. The van der Waals surface area contributed by atoms with Gasteiger partial charge in [-0.3, -0.25) is 14.4 Å². The number of unbranched alkanes of at least 4 members (excludes halogenated alkanes) is 3. The molecule has 4 aliphatic rings. The highest BCUT2D eigenvalue weighted by Crippen LogP contribution is 2.67. The molecule has 1 saturated carbocycles. The fraction of sp³-hybridized carbons (Fsp3) is 0.679. The van der Waals surface area contributed by atoms with Crippen molar-refractivity contribution in [3.63, 3.8) is 0 Å². The van der Waals surface area contributed by atoms with Crippen molar-refractivity contribution in [3.05, 3.63) is 30.3 Å². The van der Waals surface area contributed by atoms with E-state index >= 15 is 0 Å². The van der Waals surface area contributed by atoms with Crippen molar-refractivity contribution in [1.29, 1.82) is 0 Å². The second kappa shape index (κ2) is 11.7. The zero-order valence-corrected chi connectivity index (χ0v) is 23.6. The van der Waals surface area contributed by atoms with E-state index < -0.39 is 22.6 Å². The average Bonchev–Trinajstić information content (AvgIpc) is 3.48. The molecule has 3 saturated heterocycles. The summed E-state index contributed by atoms with van der Waals surface area (Å²) in [5.74, 6) is -1.22. The van der Waals surface area contributed by atoms with Crippen LogP contribution < -0.4 is 10.6 Å². The third kappa shape index (κ3) is 5.20. The van der Waals surface area contributed by atoms with Gasteiger partial charge < -0.3 is 20.6 Å². The Bertz CT molecular complexity index is 991. The van der Waals surface area contributed by atoms with Crippen molar-refractivity contribution in [3.8, 4) is 0 Å². The summed E-state index contributed by atoms with van der Waals surface area (Å²) < 4.78 is -0.599. The molecule has 3 amide bonds. The molecule has 4 fully saturated rings.